The molecule has 0 spiro atoms. The van der Waals surface area contributed by atoms with Crippen LogP contribution in [0.25, 0.3) is 0 Å². The molecule has 0 aliphatic heterocycles. The zero-order valence-corrected chi connectivity index (χ0v) is 13.8. The van der Waals surface area contributed by atoms with Gasteiger partial charge in [0.25, 0.3) is 0 Å². The van der Waals surface area contributed by atoms with Gasteiger partial charge >= 0.3 is 0 Å². The van der Waals surface area contributed by atoms with Crippen molar-refractivity contribution >= 4 is 14.9 Å². The molecule has 0 atom stereocenters. The Balaban J connectivity index is 2.44. The average Bonchev–Trinajstić information content (AvgIpc) is 2.32. The Morgan fingerprint density at radius 1 is 1.17 bits per heavy atom. The van der Waals surface area contributed by atoms with Crippen LogP contribution in [0.3, 0.4) is 0 Å². The molecule has 1 aromatic rings. The number of benzene rings is 1. The monoisotopic (exact) mass is 266 g/mol. The highest BCUT2D eigenvalue weighted by molar-refractivity contribution is 6.47. The first-order chi connectivity index (χ1) is 8.46. The van der Waals surface area contributed by atoms with E-state index in [1.54, 1.807) is 0 Å². The van der Waals surface area contributed by atoms with Crippen LogP contribution in [-0.2, 0) is 9.16 Å². The number of rotatable bonds is 7. The lowest BCUT2D eigenvalue weighted by Gasteiger charge is -2.24. The molecule has 1 aromatic carbocycles. The molecular weight excluding hydrogens is 240 g/mol. The minimum atomic E-state index is -0.620. The lowest BCUT2D eigenvalue weighted by Crippen LogP contribution is -2.30. The second-order valence-corrected chi connectivity index (χ2v) is 7.11. The maximum absolute atomic E-state index is 5.98. The molecule has 0 N–H and O–H groups in total. The highest BCUT2D eigenvalue weighted by atomic mass is 28.2. The van der Waals surface area contributed by atoms with Crippen molar-refractivity contribution in [3.8, 4) is 0 Å². The van der Waals surface area contributed by atoms with Crippen LogP contribution in [0.15, 0.2) is 18.2 Å². The molecule has 0 unspecified atom stereocenters. The van der Waals surface area contributed by atoms with Crippen LogP contribution in [0.1, 0.15) is 31.9 Å². The summed E-state index contributed by atoms with van der Waals surface area (Å²) in [6.45, 7) is 13.1. The first-order valence-electron chi connectivity index (χ1n) is 6.67. The summed E-state index contributed by atoms with van der Waals surface area (Å²) in [5.41, 5.74) is 2.87. The molecular formula is C15H26O2Si. The van der Waals surface area contributed by atoms with Crippen LogP contribution in [-0.4, -0.2) is 29.6 Å². The van der Waals surface area contributed by atoms with E-state index in [4.69, 9.17) is 9.16 Å². The van der Waals surface area contributed by atoms with Crippen LogP contribution in [0.2, 0.25) is 0 Å². The van der Waals surface area contributed by atoms with Gasteiger partial charge in [0.05, 0.1) is 6.61 Å². The topological polar surface area (TPSA) is 18.5 Å². The molecule has 102 valence electrons. The Bertz CT molecular complexity index is 375. The number of hydrogen-bond acceptors (Lipinski definition) is 2. The first kappa shape index (κ1) is 15.4. The second-order valence-electron chi connectivity index (χ2n) is 5.65. The van der Waals surface area contributed by atoms with Crippen LogP contribution < -0.4 is 5.19 Å². The van der Waals surface area contributed by atoms with E-state index in [0.717, 1.165) is 19.8 Å². The van der Waals surface area contributed by atoms with Gasteiger partial charge in [0.2, 0.25) is 0 Å². The molecule has 0 aliphatic carbocycles. The normalized spacial score (nSPS) is 12.5. The van der Waals surface area contributed by atoms with E-state index >= 15 is 0 Å². The van der Waals surface area contributed by atoms with Gasteiger partial charge in [-0.25, -0.2) is 0 Å². The summed E-state index contributed by atoms with van der Waals surface area (Å²) in [4.78, 5) is 0. The fraction of sp³-hybridized carbons (Fsp3) is 0.600. The summed E-state index contributed by atoms with van der Waals surface area (Å²) < 4.78 is 11.5. The van der Waals surface area contributed by atoms with Crippen molar-refractivity contribution in [1.29, 1.82) is 0 Å². The van der Waals surface area contributed by atoms with Gasteiger partial charge in [0.1, 0.15) is 0 Å². The number of aryl methyl sites for hydroxylation is 1. The smallest absolute Gasteiger partial charge is 0.192 e. The van der Waals surface area contributed by atoms with Gasteiger partial charge in [-0.05, 0) is 37.1 Å². The third-order valence-electron chi connectivity index (χ3n) is 3.16. The fourth-order valence-electron chi connectivity index (χ4n) is 1.83. The molecule has 0 aromatic heterocycles. The van der Waals surface area contributed by atoms with E-state index in [0.29, 0.717) is 0 Å². The molecule has 2 nitrogen and oxygen atoms in total. The standard InChI is InChI=1S/C15H26O2Si/c1-6-16-10-15(4,5)11-17-18-14-9-7-8-12(2)13(14)3/h7-9H,6,10-11,18H2,1-5H3. The van der Waals surface area contributed by atoms with Crippen LogP contribution in [0.4, 0.5) is 0 Å². The number of hydrogen-bond donors (Lipinski definition) is 0. The lowest BCUT2D eigenvalue weighted by atomic mass is 9.97. The van der Waals surface area contributed by atoms with Crippen LogP contribution in [0, 0.1) is 19.3 Å². The van der Waals surface area contributed by atoms with Gasteiger partial charge in [-0.15, -0.1) is 0 Å². The van der Waals surface area contributed by atoms with E-state index in [9.17, 15) is 0 Å². The van der Waals surface area contributed by atoms with Crippen molar-refractivity contribution in [1.82, 2.24) is 0 Å². The summed E-state index contributed by atoms with van der Waals surface area (Å²) in [7, 11) is -0.620. The van der Waals surface area contributed by atoms with Crippen molar-refractivity contribution in [2.75, 3.05) is 19.8 Å². The SMILES string of the molecule is CCOCC(C)(C)CO[SiH2]c1cccc(C)c1C. The number of ether oxygens (including phenoxy) is 1. The predicted molar refractivity (Wildman–Crippen MR) is 80.3 cm³/mol. The Labute approximate surface area is 114 Å². The quantitative estimate of drug-likeness (QED) is 0.704. The van der Waals surface area contributed by atoms with Gasteiger partial charge in [-0.2, -0.15) is 0 Å². The molecule has 0 radical (unpaired) electrons. The minimum absolute atomic E-state index is 0.112. The fourth-order valence-corrected chi connectivity index (χ4v) is 3.43. The van der Waals surface area contributed by atoms with Crippen molar-refractivity contribution < 1.29 is 9.16 Å². The van der Waals surface area contributed by atoms with E-state index < -0.39 is 9.76 Å². The Morgan fingerprint density at radius 3 is 2.56 bits per heavy atom. The summed E-state index contributed by atoms with van der Waals surface area (Å²) in [6, 6.07) is 6.48. The Hall–Kier alpha value is -0.643. The Morgan fingerprint density at radius 2 is 1.89 bits per heavy atom. The molecule has 0 amide bonds. The van der Waals surface area contributed by atoms with Crippen molar-refractivity contribution in [2.24, 2.45) is 5.41 Å². The average molecular weight is 266 g/mol. The van der Waals surface area contributed by atoms with Crippen molar-refractivity contribution in [2.45, 2.75) is 34.6 Å². The third kappa shape index (κ3) is 4.92. The summed E-state index contributed by atoms with van der Waals surface area (Å²) in [6.07, 6.45) is 0. The molecule has 3 heteroatoms. The maximum atomic E-state index is 5.98. The maximum Gasteiger partial charge on any atom is 0.192 e. The molecule has 0 aliphatic rings. The minimum Gasteiger partial charge on any atom is -0.418 e. The van der Waals surface area contributed by atoms with Crippen LogP contribution in [0.5, 0.6) is 0 Å². The molecule has 1 rings (SSSR count). The highest BCUT2D eigenvalue weighted by Gasteiger charge is 2.18. The molecule has 18 heavy (non-hydrogen) atoms. The van der Waals surface area contributed by atoms with Gasteiger partial charge in [-0.1, -0.05) is 32.0 Å². The van der Waals surface area contributed by atoms with E-state index in [-0.39, 0.29) is 5.41 Å². The van der Waals surface area contributed by atoms with E-state index in [1.807, 2.05) is 6.92 Å². The summed E-state index contributed by atoms with van der Waals surface area (Å²) >= 11 is 0. The van der Waals surface area contributed by atoms with E-state index in [2.05, 4.69) is 45.9 Å². The summed E-state index contributed by atoms with van der Waals surface area (Å²) in [5.74, 6) is 0. The lowest BCUT2D eigenvalue weighted by molar-refractivity contribution is 0.0423. The second kappa shape index (κ2) is 7.07. The van der Waals surface area contributed by atoms with Crippen molar-refractivity contribution in [3.63, 3.8) is 0 Å². The first-order valence-corrected chi connectivity index (χ1v) is 7.95. The van der Waals surface area contributed by atoms with Gasteiger partial charge in [0, 0.05) is 18.6 Å². The molecule has 0 saturated carbocycles. The zero-order valence-electron chi connectivity index (χ0n) is 12.4. The highest BCUT2D eigenvalue weighted by Crippen LogP contribution is 2.15. The Kier molecular flexibility index (Phi) is 6.06. The predicted octanol–water partition coefficient (Wildman–Crippen LogP) is 2.09. The van der Waals surface area contributed by atoms with Gasteiger partial charge in [0.15, 0.2) is 9.76 Å². The largest absolute Gasteiger partial charge is 0.418 e. The molecule has 0 saturated heterocycles. The van der Waals surface area contributed by atoms with Gasteiger partial charge < -0.3 is 9.16 Å². The van der Waals surface area contributed by atoms with Gasteiger partial charge in [-0.3, -0.25) is 0 Å². The molecule has 0 heterocycles. The van der Waals surface area contributed by atoms with Crippen molar-refractivity contribution in [3.05, 3.63) is 29.3 Å². The van der Waals surface area contributed by atoms with Crippen LogP contribution >= 0.6 is 0 Å². The summed E-state index contributed by atoms with van der Waals surface area (Å²) in [5, 5.41) is 1.42. The third-order valence-corrected chi connectivity index (χ3v) is 4.65. The van der Waals surface area contributed by atoms with E-state index in [1.165, 1.54) is 16.3 Å². The zero-order chi connectivity index (χ0) is 13.6. The molecule has 0 fully saturated rings. The molecule has 0 bridgehead atoms.